The molecule has 5 heteroatoms. The molecule has 0 aliphatic carbocycles. The van der Waals surface area contributed by atoms with Crippen molar-refractivity contribution in [3.63, 3.8) is 0 Å². The van der Waals surface area contributed by atoms with Crippen molar-refractivity contribution >= 4 is 22.6 Å². The highest BCUT2D eigenvalue weighted by Gasteiger charge is 2.13. The van der Waals surface area contributed by atoms with Gasteiger partial charge in [0.05, 0.1) is 17.1 Å². The summed E-state index contributed by atoms with van der Waals surface area (Å²) in [5.41, 5.74) is 7.59. The van der Waals surface area contributed by atoms with Gasteiger partial charge < -0.3 is 15.0 Å². The molecule has 2 N–H and O–H groups in total. The van der Waals surface area contributed by atoms with Crippen LogP contribution in [0.25, 0.3) is 11.0 Å². The molecule has 1 atom stereocenters. The van der Waals surface area contributed by atoms with E-state index in [1.165, 1.54) is 0 Å². The molecule has 0 bridgehead atoms. The van der Waals surface area contributed by atoms with E-state index in [0.717, 1.165) is 16.9 Å². The third-order valence-electron chi connectivity index (χ3n) is 2.94. The fourth-order valence-electron chi connectivity index (χ4n) is 1.87. The van der Waals surface area contributed by atoms with Crippen molar-refractivity contribution in [1.29, 1.82) is 0 Å². The number of rotatable bonds is 4. The maximum Gasteiger partial charge on any atom is 0.112 e. The van der Waals surface area contributed by atoms with Gasteiger partial charge in [-0.1, -0.05) is 11.6 Å². The van der Waals surface area contributed by atoms with E-state index in [0.29, 0.717) is 18.0 Å². The molecule has 2 rings (SSSR count). The second kappa shape index (κ2) is 5.04. The fraction of sp³-hybridized carbons (Fsp3) is 0.417. The van der Waals surface area contributed by atoms with Crippen LogP contribution in [-0.4, -0.2) is 29.3 Å². The first-order valence-corrected chi connectivity index (χ1v) is 5.87. The van der Waals surface area contributed by atoms with Gasteiger partial charge in [0.2, 0.25) is 0 Å². The minimum absolute atomic E-state index is 0.000911. The van der Waals surface area contributed by atoms with E-state index in [9.17, 15) is 0 Å². The van der Waals surface area contributed by atoms with Crippen LogP contribution in [0.5, 0.6) is 0 Å². The SMILES string of the molecule is COC(CN)Cc1nc2cc(Cl)ccc2n1C. The van der Waals surface area contributed by atoms with Crippen molar-refractivity contribution in [3.05, 3.63) is 29.0 Å². The predicted octanol–water partition coefficient (Wildman–Crippen LogP) is 1.74. The van der Waals surface area contributed by atoms with Crippen molar-refractivity contribution in [2.75, 3.05) is 13.7 Å². The first-order chi connectivity index (χ1) is 8.15. The Morgan fingerprint density at radius 3 is 2.94 bits per heavy atom. The average Bonchev–Trinajstić information content (AvgIpc) is 2.62. The van der Waals surface area contributed by atoms with Crippen molar-refractivity contribution in [2.45, 2.75) is 12.5 Å². The number of benzene rings is 1. The molecule has 0 spiro atoms. The Kier molecular flexibility index (Phi) is 3.66. The topological polar surface area (TPSA) is 53.1 Å². The van der Waals surface area contributed by atoms with Crippen LogP contribution in [0.15, 0.2) is 18.2 Å². The molecule has 2 aromatic rings. The van der Waals surface area contributed by atoms with Gasteiger partial charge in [0.25, 0.3) is 0 Å². The van der Waals surface area contributed by atoms with E-state index in [-0.39, 0.29) is 6.10 Å². The summed E-state index contributed by atoms with van der Waals surface area (Å²) in [5.74, 6) is 0.958. The summed E-state index contributed by atoms with van der Waals surface area (Å²) < 4.78 is 7.32. The molecule has 92 valence electrons. The van der Waals surface area contributed by atoms with Crippen LogP contribution in [0, 0.1) is 0 Å². The van der Waals surface area contributed by atoms with Gasteiger partial charge in [0, 0.05) is 32.1 Å². The molecule has 0 fully saturated rings. The molecular formula is C12H16ClN3O. The number of hydrogen-bond donors (Lipinski definition) is 1. The number of aryl methyl sites for hydroxylation is 1. The number of hydrogen-bond acceptors (Lipinski definition) is 3. The Hall–Kier alpha value is -1.10. The number of halogens is 1. The molecule has 0 amide bonds. The smallest absolute Gasteiger partial charge is 0.112 e. The number of aromatic nitrogens is 2. The van der Waals surface area contributed by atoms with Crippen LogP contribution in [-0.2, 0) is 18.2 Å². The van der Waals surface area contributed by atoms with Crippen molar-refractivity contribution in [3.8, 4) is 0 Å². The molecule has 0 radical (unpaired) electrons. The highest BCUT2D eigenvalue weighted by Crippen LogP contribution is 2.20. The molecule has 0 aliphatic heterocycles. The van der Waals surface area contributed by atoms with Gasteiger partial charge in [-0.05, 0) is 18.2 Å². The highest BCUT2D eigenvalue weighted by molar-refractivity contribution is 6.31. The molecule has 1 heterocycles. The van der Waals surface area contributed by atoms with Gasteiger partial charge in [-0.2, -0.15) is 0 Å². The minimum Gasteiger partial charge on any atom is -0.380 e. The highest BCUT2D eigenvalue weighted by atomic mass is 35.5. The number of nitrogens with two attached hydrogens (primary N) is 1. The van der Waals surface area contributed by atoms with Crippen molar-refractivity contribution in [2.24, 2.45) is 12.8 Å². The average molecular weight is 254 g/mol. The first kappa shape index (κ1) is 12.4. The number of nitrogens with zero attached hydrogens (tertiary/aromatic N) is 2. The Morgan fingerprint density at radius 2 is 2.29 bits per heavy atom. The summed E-state index contributed by atoms with van der Waals surface area (Å²) in [5, 5.41) is 0.698. The van der Waals surface area contributed by atoms with Gasteiger partial charge >= 0.3 is 0 Å². The van der Waals surface area contributed by atoms with Crippen LogP contribution >= 0.6 is 11.6 Å². The van der Waals surface area contributed by atoms with Crippen LogP contribution in [0.4, 0.5) is 0 Å². The van der Waals surface area contributed by atoms with Gasteiger partial charge in [-0.3, -0.25) is 0 Å². The van der Waals surface area contributed by atoms with Crippen LogP contribution < -0.4 is 5.73 Å². The molecule has 0 saturated heterocycles. The second-order valence-corrected chi connectivity index (χ2v) is 4.45. The normalized spacial score (nSPS) is 13.2. The summed E-state index contributed by atoms with van der Waals surface area (Å²) in [6.07, 6.45) is 0.705. The number of methoxy groups -OCH3 is 1. The third kappa shape index (κ3) is 2.44. The Morgan fingerprint density at radius 1 is 1.53 bits per heavy atom. The van der Waals surface area contributed by atoms with Crippen molar-refractivity contribution < 1.29 is 4.74 Å². The summed E-state index contributed by atoms with van der Waals surface area (Å²) in [6, 6.07) is 5.70. The van der Waals surface area contributed by atoms with E-state index in [1.807, 2.05) is 29.8 Å². The second-order valence-electron chi connectivity index (χ2n) is 4.02. The summed E-state index contributed by atoms with van der Waals surface area (Å²) in [7, 11) is 3.65. The summed E-state index contributed by atoms with van der Waals surface area (Å²) in [6.45, 7) is 0.487. The van der Waals surface area contributed by atoms with E-state index in [2.05, 4.69) is 4.98 Å². The lowest BCUT2D eigenvalue weighted by molar-refractivity contribution is 0.108. The third-order valence-corrected chi connectivity index (χ3v) is 3.18. The van der Waals surface area contributed by atoms with Crippen LogP contribution in [0.1, 0.15) is 5.82 Å². The number of ether oxygens (including phenoxy) is 1. The van der Waals surface area contributed by atoms with Gasteiger partial charge in [-0.25, -0.2) is 4.98 Å². The van der Waals surface area contributed by atoms with Gasteiger partial charge in [0.1, 0.15) is 5.82 Å². The molecule has 1 aromatic carbocycles. The monoisotopic (exact) mass is 253 g/mol. The number of imidazole rings is 1. The van der Waals surface area contributed by atoms with Gasteiger partial charge in [0.15, 0.2) is 0 Å². The maximum absolute atomic E-state index is 5.95. The largest absolute Gasteiger partial charge is 0.380 e. The number of fused-ring (bicyclic) bond motifs is 1. The molecule has 4 nitrogen and oxygen atoms in total. The van der Waals surface area contributed by atoms with Crippen molar-refractivity contribution in [1.82, 2.24) is 9.55 Å². The minimum atomic E-state index is 0.000911. The lowest BCUT2D eigenvalue weighted by Crippen LogP contribution is -2.25. The summed E-state index contributed by atoms with van der Waals surface area (Å²) >= 11 is 5.95. The molecule has 0 saturated carbocycles. The van der Waals surface area contributed by atoms with E-state index in [4.69, 9.17) is 22.1 Å². The molecule has 1 aromatic heterocycles. The first-order valence-electron chi connectivity index (χ1n) is 5.49. The summed E-state index contributed by atoms with van der Waals surface area (Å²) in [4.78, 5) is 4.55. The zero-order valence-electron chi connectivity index (χ0n) is 9.98. The Balaban J connectivity index is 2.38. The standard InChI is InChI=1S/C12H16ClN3O/c1-16-11-4-3-8(13)5-10(11)15-12(16)6-9(7-14)17-2/h3-5,9H,6-7,14H2,1-2H3. The maximum atomic E-state index is 5.95. The zero-order chi connectivity index (χ0) is 12.4. The quantitative estimate of drug-likeness (QED) is 0.903. The molecule has 17 heavy (non-hydrogen) atoms. The van der Waals surface area contributed by atoms with E-state index >= 15 is 0 Å². The molecule has 1 unspecified atom stereocenters. The fourth-order valence-corrected chi connectivity index (χ4v) is 2.04. The Bertz CT molecular complexity index is 520. The molecular weight excluding hydrogens is 238 g/mol. The molecule has 0 aliphatic rings. The van der Waals surface area contributed by atoms with Gasteiger partial charge in [-0.15, -0.1) is 0 Å². The zero-order valence-corrected chi connectivity index (χ0v) is 10.7. The van der Waals surface area contributed by atoms with E-state index in [1.54, 1.807) is 7.11 Å². The Labute approximate surface area is 105 Å². The van der Waals surface area contributed by atoms with Crippen LogP contribution in [0.2, 0.25) is 5.02 Å². The lowest BCUT2D eigenvalue weighted by atomic mass is 10.2. The van der Waals surface area contributed by atoms with E-state index < -0.39 is 0 Å². The lowest BCUT2D eigenvalue weighted by Gasteiger charge is -2.12. The van der Waals surface area contributed by atoms with Crippen LogP contribution in [0.3, 0.4) is 0 Å². The predicted molar refractivity (Wildman–Crippen MR) is 69.3 cm³/mol.